The molecule has 0 saturated heterocycles. The van der Waals surface area contributed by atoms with Crippen LogP contribution in [0, 0.1) is 6.92 Å². The summed E-state index contributed by atoms with van der Waals surface area (Å²) in [7, 11) is 1.61. The Labute approximate surface area is 166 Å². The van der Waals surface area contributed by atoms with Crippen molar-refractivity contribution >= 4 is 22.5 Å². The molecule has 8 heteroatoms. The Kier molecular flexibility index (Phi) is 4.84. The fourth-order valence-electron chi connectivity index (χ4n) is 3.53. The zero-order valence-electron chi connectivity index (χ0n) is 16.5. The van der Waals surface area contributed by atoms with Gasteiger partial charge in [-0.25, -0.2) is 4.68 Å². The Hall–Kier alpha value is -3.55. The van der Waals surface area contributed by atoms with Gasteiger partial charge in [0.05, 0.1) is 18.9 Å². The van der Waals surface area contributed by atoms with E-state index in [1.807, 2.05) is 31.2 Å². The van der Waals surface area contributed by atoms with Gasteiger partial charge in [0.25, 0.3) is 5.56 Å². The van der Waals surface area contributed by atoms with Crippen LogP contribution in [0.5, 0.6) is 5.75 Å². The molecule has 8 nitrogen and oxygen atoms in total. The lowest BCUT2D eigenvalue weighted by molar-refractivity contribution is -0.125. The second-order valence-electron chi connectivity index (χ2n) is 6.82. The summed E-state index contributed by atoms with van der Waals surface area (Å²) in [5.74, 6) is 1.11. The monoisotopic (exact) mass is 394 g/mol. The Bertz CT molecular complexity index is 1230. The standard InChI is InChI=1S/C21H22N4O4/c1-4-16(20(26)22-12-14-5-7-15(28-3)8-6-14)25-21(27)18-11-19-17(9-10-29-19)24(18)13(2)23-25/h5-11,16H,4,12H2,1-3H3,(H,22,26)/t16-/m0/s1. The molecule has 0 bridgehead atoms. The van der Waals surface area contributed by atoms with Crippen LogP contribution < -0.4 is 15.6 Å². The van der Waals surface area contributed by atoms with Gasteiger partial charge in [-0.05, 0) is 31.0 Å². The summed E-state index contributed by atoms with van der Waals surface area (Å²) in [6, 6.07) is 10.2. The summed E-state index contributed by atoms with van der Waals surface area (Å²) in [6.07, 6.45) is 2.01. The molecule has 0 fully saturated rings. The number of aromatic nitrogens is 3. The molecular weight excluding hydrogens is 372 g/mol. The van der Waals surface area contributed by atoms with E-state index in [4.69, 9.17) is 9.15 Å². The van der Waals surface area contributed by atoms with Gasteiger partial charge < -0.3 is 14.5 Å². The number of methoxy groups -OCH3 is 1. The minimum Gasteiger partial charge on any atom is -0.497 e. The predicted molar refractivity (Wildman–Crippen MR) is 108 cm³/mol. The third-order valence-corrected chi connectivity index (χ3v) is 5.04. The molecule has 1 aromatic carbocycles. The van der Waals surface area contributed by atoms with Crippen LogP contribution in [-0.4, -0.2) is 27.2 Å². The highest BCUT2D eigenvalue weighted by atomic mass is 16.5. The highest BCUT2D eigenvalue weighted by molar-refractivity contribution is 5.83. The average Bonchev–Trinajstić information content (AvgIpc) is 3.32. The molecule has 29 heavy (non-hydrogen) atoms. The van der Waals surface area contributed by atoms with Crippen molar-refractivity contribution in [2.45, 2.75) is 32.9 Å². The Balaban J connectivity index is 1.62. The molecule has 0 radical (unpaired) electrons. The second-order valence-corrected chi connectivity index (χ2v) is 6.82. The van der Waals surface area contributed by atoms with Crippen molar-refractivity contribution in [1.29, 1.82) is 0 Å². The number of hydrogen-bond donors (Lipinski definition) is 1. The Morgan fingerprint density at radius 1 is 1.24 bits per heavy atom. The molecule has 4 aromatic rings. The van der Waals surface area contributed by atoms with Crippen molar-refractivity contribution in [2.24, 2.45) is 0 Å². The van der Waals surface area contributed by atoms with E-state index in [1.165, 1.54) is 4.68 Å². The maximum Gasteiger partial charge on any atom is 0.291 e. The van der Waals surface area contributed by atoms with Crippen LogP contribution in [0.3, 0.4) is 0 Å². The smallest absolute Gasteiger partial charge is 0.291 e. The average molecular weight is 394 g/mol. The SMILES string of the molecule is CC[C@@H](C(=O)NCc1ccc(OC)cc1)n1nc(C)n2c(cc3occc32)c1=O. The molecule has 0 unspecified atom stereocenters. The van der Waals surface area contributed by atoms with Crippen molar-refractivity contribution in [2.75, 3.05) is 7.11 Å². The van der Waals surface area contributed by atoms with Gasteiger partial charge in [-0.15, -0.1) is 0 Å². The van der Waals surface area contributed by atoms with Crippen LogP contribution in [0.4, 0.5) is 0 Å². The lowest BCUT2D eigenvalue weighted by atomic mass is 10.2. The van der Waals surface area contributed by atoms with Crippen LogP contribution in [0.15, 0.2) is 51.9 Å². The van der Waals surface area contributed by atoms with Crippen LogP contribution in [0.25, 0.3) is 16.6 Å². The molecule has 1 atom stereocenters. The first-order valence-corrected chi connectivity index (χ1v) is 9.42. The molecule has 0 aliphatic heterocycles. The first-order chi connectivity index (χ1) is 14.0. The van der Waals surface area contributed by atoms with Gasteiger partial charge in [-0.1, -0.05) is 19.1 Å². The first kappa shape index (κ1) is 18.8. The summed E-state index contributed by atoms with van der Waals surface area (Å²) in [6.45, 7) is 4.01. The summed E-state index contributed by atoms with van der Waals surface area (Å²) < 4.78 is 13.6. The number of furan rings is 1. The van der Waals surface area contributed by atoms with E-state index < -0.39 is 6.04 Å². The predicted octanol–water partition coefficient (Wildman–Crippen LogP) is 2.83. The molecule has 3 aromatic heterocycles. The lowest BCUT2D eigenvalue weighted by Gasteiger charge is -2.18. The topological polar surface area (TPSA) is 90.8 Å². The number of rotatable bonds is 6. The van der Waals surface area contributed by atoms with Crippen molar-refractivity contribution < 1.29 is 13.9 Å². The number of carbonyl (C=O) groups excluding carboxylic acids is 1. The molecule has 150 valence electrons. The lowest BCUT2D eigenvalue weighted by Crippen LogP contribution is -2.39. The molecule has 1 amide bonds. The number of ether oxygens (including phenoxy) is 1. The van der Waals surface area contributed by atoms with Crippen LogP contribution in [0.2, 0.25) is 0 Å². The molecule has 3 heterocycles. The van der Waals surface area contributed by atoms with Crippen LogP contribution in [-0.2, 0) is 11.3 Å². The van der Waals surface area contributed by atoms with Crippen LogP contribution in [0.1, 0.15) is 30.8 Å². The number of aryl methyl sites for hydroxylation is 1. The van der Waals surface area contributed by atoms with E-state index in [0.29, 0.717) is 29.9 Å². The number of amides is 1. The van der Waals surface area contributed by atoms with E-state index in [2.05, 4.69) is 10.4 Å². The van der Waals surface area contributed by atoms with E-state index in [0.717, 1.165) is 16.8 Å². The number of carbonyl (C=O) groups is 1. The first-order valence-electron chi connectivity index (χ1n) is 9.42. The highest BCUT2D eigenvalue weighted by Gasteiger charge is 2.23. The molecule has 4 rings (SSSR count). The van der Waals surface area contributed by atoms with E-state index in [9.17, 15) is 9.59 Å². The van der Waals surface area contributed by atoms with Gasteiger partial charge in [0.15, 0.2) is 5.58 Å². The second kappa shape index (κ2) is 7.46. The third kappa shape index (κ3) is 3.26. The van der Waals surface area contributed by atoms with Crippen molar-refractivity contribution in [3.05, 3.63) is 64.4 Å². The van der Waals surface area contributed by atoms with Crippen molar-refractivity contribution in [3.63, 3.8) is 0 Å². The van der Waals surface area contributed by atoms with E-state index in [1.54, 1.807) is 36.8 Å². The molecule has 0 aliphatic carbocycles. The minimum absolute atomic E-state index is 0.253. The van der Waals surface area contributed by atoms with E-state index >= 15 is 0 Å². The maximum atomic E-state index is 13.0. The fourth-order valence-corrected chi connectivity index (χ4v) is 3.53. The number of fused-ring (bicyclic) bond motifs is 3. The van der Waals surface area contributed by atoms with Gasteiger partial charge in [0, 0.05) is 18.7 Å². The van der Waals surface area contributed by atoms with Crippen molar-refractivity contribution in [3.8, 4) is 5.75 Å². The number of nitrogens with one attached hydrogen (secondary N) is 1. The van der Waals surface area contributed by atoms with Gasteiger partial charge in [0.2, 0.25) is 5.91 Å². The summed E-state index contributed by atoms with van der Waals surface area (Å²) in [4.78, 5) is 25.9. The number of hydrogen-bond acceptors (Lipinski definition) is 5. The minimum atomic E-state index is -0.703. The Morgan fingerprint density at radius 3 is 2.69 bits per heavy atom. The Morgan fingerprint density at radius 2 is 2.00 bits per heavy atom. The largest absolute Gasteiger partial charge is 0.497 e. The summed E-state index contributed by atoms with van der Waals surface area (Å²) >= 11 is 0. The highest BCUT2D eigenvalue weighted by Crippen LogP contribution is 2.21. The van der Waals surface area contributed by atoms with Crippen molar-refractivity contribution in [1.82, 2.24) is 19.5 Å². The normalized spacial score (nSPS) is 12.4. The van der Waals surface area contributed by atoms with Gasteiger partial charge >= 0.3 is 0 Å². The third-order valence-electron chi connectivity index (χ3n) is 5.04. The fraction of sp³-hybridized carbons (Fsp3) is 0.286. The van der Waals surface area contributed by atoms with E-state index in [-0.39, 0.29) is 11.5 Å². The number of nitrogens with zero attached hydrogens (tertiary/aromatic N) is 3. The van der Waals surface area contributed by atoms with Crippen LogP contribution >= 0.6 is 0 Å². The molecule has 0 saturated carbocycles. The zero-order valence-corrected chi connectivity index (χ0v) is 16.5. The molecule has 0 spiro atoms. The van der Waals surface area contributed by atoms with Gasteiger partial charge in [0.1, 0.15) is 23.1 Å². The maximum absolute atomic E-state index is 13.0. The molecule has 0 aliphatic rings. The zero-order chi connectivity index (χ0) is 20.5. The number of benzene rings is 1. The summed E-state index contributed by atoms with van der Waals surface area (Å²) in [5, 5.41) is 7.32. The van der Waals surface area contributed by atoms with Gasteiger partial charge in [-0.2, -0.15) is 5.10 Å². The molecular formula is C21H22N4O4. The summed E-state index contributed by atoms with van der Waals surface area (Å²) in [5.41, 5.74) is 2.45. The molecule has 1 N–H and O–H groups in total. The van der Waals surface area contributed by atoms with Gasteiger partial charge in [-0.3, -0.25) is 14.0 Å². The quantitative estimate of drug-likeness (QED) is 0.543.